The van der Waals surface area contributed by atoms with Gasteiger partial charge in [-0.05, 0) is 30.2 Å². The van der Waals surface area contributed by atoms with Crippen LogP contribution in [0.5, 0.6) is 0 Å². The van der Waals surface area contributed by atoms with Crippen molar-refractivity contribution in [2.75, 3.05) is 12.0 Å². The molecule has 8 nitrogen and oxygen atoms in total. The summed E-state index contributed by atoms with van der Waals surface area (Å²) in [6, 6.07) is 12.9. The average molecular weight is 513 g/mol. The van der Waals surface area contributed by atoms with E-state index in [0.29, 0.717) is 28.8 Å². The molecule has 4 rings (SSSR count). The van der Waals surface area contributed by atoms with Crippen molar-refractivity contribution in [1.82, 2.24) is 9.97 Å². The Balaban J connectivity index is 0.000000212. The van der Waals surface area contributed by atoms with Crippen LogP contribution in [0.1, 0.15) is 58.5 Å². The molecule has 0 aliphatic carbocycles. The first-order valence-electron chi connectivity index (χ1n) is 11.6. The van der Waals surface area contributed by atoms with Crippen LogP contribution in [-0.2, 0) is 27.1 Å². The van der Waals surface area contributed by atoms with Crippen LogP contribution in [0.4, 0.5) is 0 Å². The summed E-state index contributed by atoms with van der Waals surface area (Å²) in [5.74, 6) is -1.17. The van der Waals surface area contributed by atoms with E-state index in [4.69, 9.17) is 8.83 Å². The van der Waals surface area contributed by atoms with Crippen LogP contribution in [0, 0.1) is 0 Å². The number of aromatic nitrogens is 2. The van der Waals surface area contributed by atoms with Gasteiger partial charge in [-0.3, -0.25) is 0 Å². The molecule has 0 fully saturated rings. The first-order valence-corrected chi connectivity index (χ1v) is 13.6. The van der Waals surface area contributed by atoms with E-state index < -0.39 is 21.3 Å². The number of aryl methyl sites for hydroxylation is 1. The molecule has 2 heterocycles. The molecule has 4 aromatic rings. The van der Waals surface area contributed by atoms with Crippen molar-refractivity contribution in [3.8, 4) is 0 Å². The molecule has 0 saturated carbocycles. The van der Waals surface area contributed by atoms with E-state index in [1.165, 1.54) is 6.26 Å². The van der Waals surface area contributed by atoms with Crippen molar-refractivity contribution in [1.29, 1.82) is 0 Å². The van der Waals surface area contributed by atoms with E-state index in [9.17, 15) is 18.0 Å². The molecule has 0 amide bonds. The molecule has 0 atom stereocenters. The van der Waals surface area contributed by atoms with Gasteiger partial charge < -0.3 is 8.83 Å². The second-order valence-electron chi connectivity index (χ2n) is 10.8. The molecule has 2 aromatic heterocycles. The van der Waals surface area contributed by atoms with Crippen LogP contribution in [-0.4, -0.2) is 30.4 Å². The lowest BCUT2D eigenvalue weighted by Gasteiger charge is -2.19. The minimum atomic E-state index is -3.08. The third kappa shape index (κ3) is 6.66. The minimum Gasteiger partial charge on any atom is -0.408 e. The Morgan fingerprint density at radius 2 is 1.28 bits per heavy atom. The van der Waals surface area contributed by atoms with E-state index in [1.807, 2.05) is 71.9 Å². The van der Waals surface area contributed by atoms with Crippen molar-refractivity contribution in [2.24, 2.45) is 0 Å². The highest BCUT2D eigenvalue weighted by molar-refractivity contribution is 7.90. The fourth-order valence-corrected chi connectivity index (χ4v) is 4.40. The monoisotopic (exact) mass is 512 g/mol. The normalized spacial score (nSPS) is 12.4. The van der Waals surface area contributed by atoms with E-state index in [0.717, 1.165) is 16.5 Å². The first kappa shape index (κ1) is 27.3. The van der Waals surface area contributed by atoms with Crippen molar-refractivity contribution < 1.29 is 17.3 Å². The smallest absolute Gasteiger partial charge is 0.408 e. The molecular formula is C27H32N2O6S. The molecule has 2 aromatic carbocycles. The summed E-state index contributed by atoms with van der Waals surface area (Å²) in [5, 5.41) is 1.66. The highest BCUT2D eigenvalue weighted by Gasteiger charge is 2.22. The van der Waals surface area contributed by atoms with Crippen LogP contribution >= 0.6 is 0 Å². The third-order valence-electron chi connectivity index (χ3n) is 5.45. The molecule has 0 saturated heterocycles. The highest BCUT2D eigenvalue weighted by atomic mass is 32.2. The van der Waals surface area contributed by atoms with Crippen LogP contribution in [0.15, 0.2) is 60.9 Å². The lowest BCUT2D eigenvalue weighted by atomic mass is 9.89. The predicted molar refractivity (Wildman–Crippen MR) is 141 cm³/mol. The number of rotatable bonds is 3. The van der Waals surface area contributed by atoms with Gasteiger partial charge in [0.05, 0.1) is 17.1 Å². The fourth-order valence-electron chi connectivity index (χ4n) is 3.81. The molecule has 0 unspecified atom stereocenters. The zero-order valence-corrected chi connectivity index (χ0v) is 22.5. The highest BCUT2D eigenvalue weighted by Crippen LogP contribution is 2.29. The quantitative estimate of drug-likeness (QED) is 0.392. The molecular weight excluding hydrogens is 480 g/mol. The Labute approximate surface area is 210 Å². The lowest BCUT2D eigenvalue weighted by molar-refractivity contribution is 0.496. The molecule has 0 aliphatic rings. The summed E-state index contributed by atoms with van der Waals surface area (Å²) in [7, 11) is -3.08. The maximum Gasteiger partial charge on any atom is 0.439 e. The Kier molecular flexibility index (Phi) is 7.55. The predicted octanol–water partition coefficient (Wildman–Crippen LogP) is 4.56. The van der Waals surface area contributed by atoms with Gasteiger partial charge in [0.25, 0.3) is 0 Å². The van der Waals surface area contributed by atoms with E-state index in [-0.39, 0.29) is 16.6 Å². The summed E-state index contributed by atoms with van der Waals surface area (Å²) < 4.78 is 32.9. The number of fused-ring (bicyclic) bond motifs is 2. The SMILES string of the molecule is CC(C)(C)c1nc(=O)oc2c(CCS(C)(=O)=O)cccc12.CC(C)(C)c1nc(=O)oc2ccccc12. The maximum atomic E-state index is 11.7. The Bertz CT molecular complexity index is 1620. The molecule has 0 spiro atoms. The maximum absolute atomic E-state index is 11.7. The zero-order chi connectivity index (χ0) is 26.9. The number of hydrogen-bond acceptors (Lipinski definition) is 8. The molecule has 192 valence electrons. The largest absolute Gasteiger partial charge is 0.439 e. The third-order valence-corrected chi connectivity index (χ3v) is 6.40. The van der Waals surface area contributed by atoms with Crippen LogP contribution in [0.25, 0.3) is 21.9 Å². The topological polar surface area (TPSA) is 120 Å². The standard InChI is InChI=1S/C15H19NO4S.C12H13NO2/c1-15(2,3)13-11-7-5-6-10(8-9-21(4,18)19)12(11)20-14(17)16-13;1-12(2,3)10-8-6-4-5-7-9(8)15-11(14)13-10/h5-7H,8-9H2,1-4H3;4-7H,1-3H3. The number of benzene rings is 2. The van der Waals surface area contributed by atoms with Gasteiger partial charge in [-0.15, -0.1) is 0 Å². The van der Waals surface area contributed by atoms with Crippen molar-refractivity contribution in [2.45, 2.75) is 58.8 Å². The second-order valence-corrected chi connectivity index (χ2v) is 13.1. The number of para-hydroxylation sites is 2. The summed E-state index contributed by atoms with van der Waals surface area (Å²) in [6.45, 7) is 12.0. The number of sulfone groups is 1. The zero-order valence-electron chi connectivity index (χ0n) is 21.7. The molecule has 0 bridgehead atoms. The van der Waals surface area contributed by atoms with Gasteiger partial charge in [-0.2, -0.15) is 9.97 Å². The number of hydrogen-bond donors (Lipinski definition) is 0. The molecule has 0 radical (unpaired) electrons. The van der Waals surface area contributed by atoms with Crippen LogP contribution in [0.3, 0.4) is 0 Å². The average Bonchev–Trinajstić information content (AvgIpc) is 2.75. The second kappa shape index (κ2) is 9.97. The molecule has 36 heavy (non-hydrogen) atoms. The summed E-state index contributed by atoms with van der Waals surface area (Å²) >= 11 is 0. The summed E-state index contributed by atoms with van der Waals surface area (Å²) in [5.41, 5.74) is 2.74. The molecule has 0 aliphatic heterocycles. The Morgan fingerprint density at radius 3 is 1.86 bits per heavy atom. The minimum absolute atomic E-state index is 0.0169. The van der Waals surface area contributed by atoms with Crippen molar-refractivity contribution in [3.63, 3.8) is 0 Å². The summed E-state index contributed by atoms with van der Waals surface area (Å²) in [4.78, 5) is 30.9. The fraction of sp³-hybridized carbons (Fsp3) is 0.407. The van der Waals surface area contributed by atoms with Gasteiger partial charge in [0.1, 0.15) is 21.0 Å². The van der Waals surface area contributed by atoms with Crippen LogP contribution in [0.2, 0.25) is 0 Å². The summed E-state index contributed by atoms with van der Waals surface area (Å²) in [6.07, 6.45) is 1.50. The van der Waals surface area contributed by atoms with Gasteiger partial charge in [0.2, 0.25) is 0 Å². The van der Waals surface area contributed by atoms with Crippen molar-refractivity contribution >= 4 is 31.8 Å². The van der Waals surface area contributed by atoms with Gasteiger partial charge >= 0.3 is 11.5 Å². The molecule has 0 N–H and O–H groups in total. The van der Waals surface area contributed by atoms with E-state index >= 15 is 0 Å². The van der Waals surface area contributed by atoms with E-state index in [2.05, 4.69) is 9.97 Å². The van der Waals surface area contributed by atoms with Gasteiger partial charge in [0.15, 0.2) is 0 Å². The Hall–Kier alpha value is -3.33. The molecule has 9 heteroatoms. The van der Waals surface area contributed by atoms with Gasteiger partial charge in [-0.25, -0.2) is 18.0 Å². The first-order chi connectivity index (χ1) is 16.6. The van der Waals surface area contributed by atoms with Crippen molar-refractivity contribution in [3.05, 3.63) is 80.5 Å². The van der Waals surface area contributed by atoms with Gasteiger partial charge in [0, 0.05) is 27.9 Å². The number of nitrogens with zero attached hydrogens (tertiary/aromatic N) is 2. The van der Waals surface area contributed by atoms with Gasteiger partial charge in [-0.1, -0.05) is 65.8 Å². The lowest BCUT2D eigenvalue weighted by Crippen LogP contribution is -2.20. The Morgan fingerprint density at radius 1 is 0.750 bits per heavy atom. The van der Waals surface area contributed by atoms with E-state index in [1.54, 1.807) is 12.1 Å². The van der Waals surface area contributed by atoms with Crippen LogP contribution < -0.4 is 11.5 Å².